The number of hydrogen-bond donors (Lipinski definition) is 1. The van der Waals surface area contributed by atoms with E-state index in [1.54, 1.807) is 18.2 Å². The van der Waals surface area contributed by atoms with E-state index in [-0.39, 0.29) is 5.95 Å². The summed E-state index contributed by atoms with van der Waals surface area (Å²) in [7, 11) is 0. The number of halogens is 3. The Morgan fingerprint density at radius 1 is 1.13 bits per heavy atom. The molecule has 0 aliphatic rings. The van der Waals surface area contributed by atoms with Crippen LogP contribution in [0, 0.1) is 6.92 Å². The summed E-state index contributed by atoms with van der Waals surface area (Å²) in [4.78, 5) is 11.7. The Balaban J connectivity index is 1.86. The van der Waals surface area contributed by atoms with E-state index in [9.17, 15) is 13.2 Å². The molecule has 118 valence electrons. The largest absolute Gasteiger partial charge is 0.433 e. The fourth-order valence-electron chi connectivity index (χ4n) is 1.92. The Morgan fingerprint density at radius 2 is 1.96 bits per heavy atom. The Bertz CT molecular complexity index is 829. The lowest BCUT2D eigenvalue weighted by Crippen LogP contribution is -2.10. The molecule has 0 saturated heterocycles. The van der Waals surface area contributed by atoms with Gasteiger partial charge < -0.3 is 5.32 Å². The van der Waals surface area contributed by atoms with Crippen molar-refractivity contribution in [3.05, 3.63) is 53.3 Å². The second-order valence-corrected chi connectivity index (χ2v) is 5.62. The van der Waals surface area contributed by atoms with Crippen LogP contribution in [-0.2, 0) is 6.18 Å². The van der Waals surface area contributed by atoms with Crippen molar-refractivity contribution in [1.29, 1.82) is 0 Å². The molecule has 23 heavy (non-hydrogen) atoms. The van der Waals surface area contributed by atoms with Gasteiger partial charge in [0.05, 0.1) is 0 Å². The van der Waals surface area contributed by atoms with Gasteiger partial charge in [-0.3, -0.25) is 0 Å². The molecular weight excluding hydrogens is 325 g/mol. The SMILES string of the molecule is Cc1csc(-c2cccc(Nc3nccc(C(F)(F)F)n3)c2)n1. The van der Waals surface area contributed by atoms with E-state index in [1.165, 1.54) is 11.3 Å². The zero-order chi connectivity index (χ0) is 16.4. The molecule has 0 unspecified atom stereocenters. The molecule has 0 radical (unpaired) electrons. The maximum atomic E-state index is 12.7. The molecule has 8 heteroatoms. The van der Waals surface area contributed by atoms with Crippen LogP contribution >= 0.6 is 11.3 Å². The molecule has 0 saturated carbocycles. The molecular formula is C15H11F3N4S. The number of anilines is 2. The minimum absolute atomic E-state index is 0.104. The number of aromatic nitrogens is 3. The van der Waals surface area contributed by atoms with Crippen LogP contribution in [0.3, 0.4) is 0 Å². The van der Waals surface area contributed by atoms with Crippen LogP contribution < -0.4 is 5.32 Å². The fourth-order valence-corrected chi connectivity index (χ4v) is 2.72. The average Bonchev–Trinajstić information content (AvgIpc) is 2.94. The normalized spacial score (nSPS) is 11.5. The predicted molar refractivity (Wildman–Crippen MR) is 82.6 cm³/mol. The van der Waals surface area contributed by atoms with Crippen molar-refractivity contribution in [3.63, 3.8) is 0 Å². The summed E-state index contributed by atoms with van der Waals surface area (Å²) in [6, 6.07) is 8.04. The minimum Gasteiger partial charge on any atom is -0.324 e. The van der Waals surface area contributed by atoms with Gasteiger partial charge in [-0.25, -0.2) is 15.0 Å². The van der Waals surface area contributed by atoms with Gasteiger partial charge in [0.1, 0.15) is 10.7 Å². The molecule has 4 nitrogen and oxygen atoms in total. The molecule has 0 spiro atoms. The summed E-state index contributed by atoms with van der Waals surface area (Å²) >= 11 is 1.50. The van der Waals surface area contributed by atoms with Crippen molar-refractivity contribution in [2.75, 3.05) is 5.32 Å². The third kappa shape index (κ3) is 3.65. The first-order valence-electron chi connectivity index (χ1n) is 6.62. The predicted octanol–water partition coefficient (Wildman–Crippen LogP) is 4.67. The van der Waals surface area contributed by atoms with Crippen molar-refractivity contribution in [3.8, 4) is 10.6 Å². The summed E-state index contributed by atoms with van der Waals surface area (Å²) in [6.45, 7) is 1.90. The Labute approximate surface area is 134 Å². The molecule has 2 heterocycles. The molecule has 2 aromatic heterocycles. The molecule has 1 N–H and O–H groups in total. The van der Waals surface area contributed by atoms with E-state index in [0.717, 1.165) is 28.5 Å². The number of nitrogens with one attached hydrogen (secondary N) is 1. The molecule has 0 fully saturated rings. The van der Waals surface area contributed by atoms with Crippen LogP contribution in [0.1, 0.15) is 11.4 Å². The van der Waals surface area contributed by atoms with Crippen LogP contribution in [0.2, 0.25) is 0 Å². The van der Waals surface area contributed by atoms with E-state index in [2.05, 4.69) is 20.3 Å². The first-order chi connectivity index (χ1) is 10.9. The van der Waals surface area contributed by atoms with Crippen LogP contribution in [0.4, 0.5) is 24.8 Å². The van der Waals surface area contributed by atoms with Crippen LogP contribution in [0.5, 0.6) is 0 Å². The van der Waals surface area contributed by atoms with Gasteiger partial charge >= 0.3 is 6.18 Å². The van der Waals surface area contributed by atoms with E-state index in [1.807, 2.05) is 18.4 Å². The molecule has 0 amide bonds. The summed E-state index contributed by atoms with van der Waals surface area (Å²) in [6.07, 6.45) is -3.42. The number of aryl methyl sites for hydroxylation is 1. The highest BCUT2D eigenvalue weighted by molar-refractivity contribution is 7.13. The van der Waals surface area contributed by atoms with Crippen LogP contribution in [0.25, 0.3) is 10.6 Å². The standard InChI is InChI=1S/C15H11F3N4S/c1-9-8-23-13(20-9)10-3-2-4-11(7-10)21-14-19-6-5-12(22-14)15(16,17)18/h2-8H,1H3,(H,19,21,22). The third-order valence-electron chi connectivity index (χ3n) is 2.93. The molecule has 3 aromatic rings. The van der Waals surface area contributed by atoms with Crippen molar-refractivity contribution in [2.24, 2.45) is 0 Å². The lowest BCUT2D eigenvalue weighted by atomic mass is 10.2. The van der Waals surface area contributed by atoms with E-state index < -0.39 is 11.9 Å². The van der Waals surface area contributed by atoms with Gasteiger partial charge in [0, 0.05) is 28.5 Å². The quantitative estimate of drug-likeness (QED) is 0.755. The summed E-state index contributed by atoms with van der Waals surface area (Å²) in [5, 5.41) is 5.57. The highest BCUT2D eigenvalue weighted by Crippen LogP contribution is 2.29. The second-order valence-electron chi connectivity index (χ2n) is 4.76. The van der Waals surface area contributed by atoms with Crippen LogP contribution in [-0.4, -0.2) is 15.0 Å². The van der Waals surface area contributed by atoms with Gasteiger partial charge in [-0.1, -0.05) is 12.1 Å². The van der Waals surface area contributed by atoms with E-state index in [4.69, 9.17) is 0 Å². The van der Waals surface area contributed by atoms with Gasteiger partial charge in [-0.2, -0.15) is 13.2 Å². The van der Waals surface area contributed by atoms with Crippen molar-refractivity contribution in [1.82, 2.24) is 15.0 Å². The highest BCUT2D eigenvalue weighted by Gasteiger charge is 2.32. The number of nitrogens with zero attached hydrogens (tertiary/aromatic N) is 3. The lowest BCUT2D eigenvalue weighted by molar-refractivity contribution is -0.141. The van der Waals surface area contributed by atoms with Gasteiger partial charge in [-0.05, 0) is 25.1 Å². The van der Waals surface area contributed by atoms with Gasteiger partial charge in [0.15, 0.2) is 0 Å². The fraction of sp³-hybridized carbons (Fsp3) is 0.133. The average molecular weight is 336 g/mol. The molecule has 3 rings (SSSR count). The summed E-state index contributed by atoms with van der Waals surface area (Å²) < 4.78 is 38.0. The van der Waals surface area contributed by atoms with Gasteiger partial charge in [0.25, 0.3) is 0 Å². The molecule has 0 aliphatic heterocycles. The van der Waals surface area contributed by atoms with Gasteiger partial charge in [-0.15, -0.1) is 11.3 Å². The molecule has 0 aliphatic carbocycles. The topological polar surface area (TPSA) is 50.7 Å². The smallest absolute Gasteiger partial charge is 0.324 e. The number of rotatable bonds is 3. The number of thiazole rings is 1. The molecule has 0 bridgehead atoms. The monoisotopic (exact) mass is 336 g/mol. The summed E-state index contributed by atoms with van der Waals surface area (Å²) in [5.74, 6) is -0.104. The molecule has 0 atom stereocenters. The van der Waals surface area contributed by atoms with Crippen molar-refractivity contribution in [2.45, 2.75) is 13.1 Å². The zero-order valence-corrected chi connectivity index (χ0v) is 12.7. The lowest BCUT2D eigenvalue weighted by Gasteiger charge is -2.09. The maximum Gasteiger partial charge on any atom is 0.433 e. The second kappa shape index (κ2) is 5.96. The maximum absolute atomic E-state index is 12.7. The Morgan fingerprint density at radius 3 is 2.65 bits per heavy atom. The van der Waals surface area contributed by atoms with Gasteiger partial charge in [0.2, 0.25) is 5.95 Å². The van der Waals surface area contributed by atoms with E-state index >= 15 is 0 Å². The van der Waals surface area contributed by atoms with E-state index in [0.29, 0.717) is 5.69 Å². The van der Waals surface area contributed by atoms with Crippen LogP contribution in [0.15, 0.2) is 41.9 Å². The number of hydrogen-bond acceptors (Lipinski definition) is 5. The number of alkyl halides is 3. The Kier molecular flexibility index (Phi) is 3.99. The molecule has 1 aromatic carbocycles. The summed E-state index contributed by atoms with van der Waals surface area (Å²) in [5.41, 5.74) is 1.40. The van der Waals surface area contributed by atoms with Crippen molar-refractivity contribution >= 4 is 23.0 Å². The first-order valence-corrected chi connectivity index (χ1v) is 7.49. The van der Waals surface area contributed by atoms with Crippen molar-refractivity contribution < 1.29 is 13.2 Å². The Hall–Kier alpha value is -2.48. The first kappa shape index (κ1) is 15.4. The minimum atomic E-state index is -4.50. The number of benzene rings is 1. The third-order valence-corrected chi connectivity index (χ3v) is 3.94. The zero-order valence-electron chi connectivity index (χ0n) is 11.9. The highest BCUT2D eigenvalue weighted by atomic mass is 32.1.